The second kappa shape index (κ2) is 5.75. The van der Waals surface area contributed by atoms with E-state index in [4.69, 9.17) is 16.8 Å². The van der Waals surface area contributed by atoms with Crippen molar-refractivity contribution in [3.63, 3.8) is 0 Å². The van der Waals surface area contributed by atoms with Crippen molar-refractivity contribution >= 4 is 28.5 Å². The van der Waals surface area contributed by atoms with Gasteiger partial charge in [0.15, 0.2) is 0 Å². The lowest BCUT2D eigenvalue weighted by molar-refractivity contribution is 0.0701. The molecule has 0 aliphatic heterocycles. The molecule has 0 fully saturated rings. The van der Waals surface area contributed by atoms with E-state index in [1.54, 1.807) is 28.4 Å². The first-order valence-corrected chi connectivity index (χ1v) is 6.80. The Morgan fingerprint density at radius 1 is 1.32 bits per heavy atom. The summed E-state index contributed by atoms with van der Waals surface area (Å²) in [6.07, 6.45) is 1.80. The minimum atomic E-state index is -0.686. The lowest BCUT2D eigenvalue weighted by Crippen LogP contribution is -2.20. The fourth-order valence-corrected chi connectivity index (χ4v) is 2.43. The number of carbonyl (C=O) groups excluding carboxylic acids is 1. The maximum atomic E-state index is 13.1. The molecule has 2 aromatic heterocycles. The molecule has 0 radical (unpaired) electrons. The topological polar surface area (TPSA) is 67.2 Å². The van der Waals surface area contributed by atoms with Crippen molar-refractivity contribution in [1.29, 1.82) is 0 Å². The van der Waals surface area contributed by atoms with Gasteiger partial charge in [0.1, 0.15) is 17.2 Å². The van der Waals surface area contributed by atoms with E-state index in [0.29, 0.717) is 17.2 Å². The van der Waals surface area contributed by atoms with Crippen molar-refractivity contribution in [2.45, 2.75) is 6.54 Å². The molecule has 0 aliphatic rings. The van der Waals surface area contributed by atoms with Crippen LogP contribution in [0, 0.1) is 5.82 Å². The Morgan fingerprint density at radius 2 is 2.14 bits per heavy atom. The van der Waals surface area contributed by atoms with Crippen LogP contribution in [-0.4, -0.2) is 20.7 Å². The largest absolute Gasteiger partial charge is 0.328 e. The molecule has 0 aliphatic carbocycles. The van der Waals surface area contributed by atoms with Crippen molar-refractivity contribution < 1.29 is 14.4 Å². The summed E-state index contributed by atoms with van der Waals surface area (Å²) in [5, 5.41) is 9.84. The van der Waals surface area contributed by atoms with Crippen LogP contribution in [0.1, 0.15) is 16.1 Å². The van der Waals surface area contributed by atoms with Gasteiger partial charge >= 0.3 is 0 Å². The number of rotatable bonds is 3. The summed E-state index contributed by atoms with van der Waals surface area (Å²) in [7, 11) is 0. The number of aromatic nitrogens is 2. The Labute approximate surface area is 129 Å². The number of hydrogen-bond acceptors (Lipinski definition) is 3. The molecule has 1 amide bonds. The molecule has 7 heteroatoms. The van der Waals surface area contributed by atoms with Gasteiger partial charge in [-0.25, -0.2) is 14.9 Å². The molecule has 0 saturated carbocycles. The third-order valence-corrected chi connectivity index (χ3v) is 3.65. The molecule has 0 saturated heterocycles. The van der Waals surface area contributed by atoms with Gasteiger partial charge < -0.3 is 4.57 Å². The van der Waals surface area contributed by atoms with E-state index in [9.17, 15) is 9.18 Å². The van der Waals surface area contributed by atoms with Gasteiger partial charge in [-0.3, -0.25) is 10.0 Å². The SMILES string of the molecule is O=C(NO)c1ccc2ccn(Cc3ccc(F)cc3Cl)c2n1. The summed E-state index contributed by atoms with van der Waals surface area (Å²) in [5.41, 5.74) is 2.95. The summed E-state index contributed by atoms with van der Waals surface area (Å²) in [6, 6.07) is 9.29. The standard InChI is InChI=1S/C15H11ClFN3O2/c16-12-7-11(17)3-1-10(12)8-20-6-5-9-2-4-13(15(21)19-22)18-14(9)20/h1-7,22H,8H2,(H,19,21). The smallest absolute Gasteiger partial charge is 0.293 e. The number of nitrogens with one attached hydrogen (secondary N) is 1. The third kappa shape index (κ3) is 2.66. The molecular formula is C15H11ClFN3O2. The summed E-state index contributed by atoms with van der Waals surface area (Å²) in [5.74, 6) is -1.08. The zero-order valence-electron chi connectivity index (χ0n) is 11.3. The van der Waals surface area contributed by atoms with Crippen molar-refractivity contribution in [2.75, 3.05) is 0 Å². The minimum Gasteiger partial charge on any atom is -0.328 e. The van der Waals surface area contributed by atoms with Crippen molar-refractivity contribution in [3.05, 3.63) is 64.7 Å². The van der Waals surface area contributed by atoms with Gasteiger partial charge in [-0.2, -0.15) is 0 Å². The number of hydrogen-bond donors (Lipinski definition) is 2. The van der Waals surface area contributed by atoms with Crippen LogP contribution in [0.4, 0.5) is 4.39 Å². The Hall–Kier alpha value is -2.44. The first-order valence-electron chi connectivity index (χ1n) is 6.43. The van der Waals surface area contributed by atoms with Crippen LogP contribution in [0.25, 0.3) is 11.0 Å². The quantitative estimate of drug-likeness (QED) is 0.576. The zero-order valence-corrected chi connectivity index (χ0v) is 12.0. The average Bonchev–Trinajstić information content (AvgIpc) is 2.91. The van der Waals surface area contributed by atoms with Crippen LogP contribution in [0.2, 0.25) is 5.02 Å². The van der Waals surface area contributed by atoms with Gasteiger partial charge in [0.05, 0.1) is 6.54 Å². The second-order valence-electron chi connectivity index (χ2n) is 4.73. The number of benzene rings is 1. The predicted octanol–water partition coefficient (Wildman–Crippen LogP) is 3.00. The van der Waals surface area contributed by atoms with Crippen molar-refractivity contribution in [1.82, 2.24) is 15.0 Å². The molecule has 1 aromatic carbocycles. The fraction of sp³-hybridized carbons (Fsp3) is 0.0667. The number of amides is 1. The molecule has 5 nitrogen and oxygen atoms in total. The third-order valence-electron chi connectivity index (χ3n) is 3.30. The molecule has 0 spiro atoms. The van der Waals surface area contributed by atoms with E-state index in [2.05, 4.69) is 4.98 Å². The number of pyridine rings is 1. The number of fused-ring (bicyclic) bond motifs is 1. The van der Waals surface area contributed by atoms with Crippen LogP contribution >= 0.6 is 11.6 Å². The highest BCUT2D eigenvalue weighted by Gasteiger charge is 2.11. The summed E-state index contributed by atoms with van der Waals surface area (Å²) >= 11 is 6.03. The maximum absolute atomic E-state index is 13.1. The highest BCUT2D eigenvalue weighted by molar-refractivity contribution is 6.31. The van der Waals surface area contributed by atoms with Crippen molar-refractivity contribution in [3.8, 4) is 0 Å². The number of hydroxylamine groups is 1. The van der Waals surface area contributed by atoms with E-state index in [1.165, 1.54) is 18.2 Å². The molecule has 3 rings (SSSR count). The first-order chi connectivity index (χ1) is 10.6. The molecule has 22 heavy (non-hydrogen) atoms. The predicted molar refractivity (Wildman–Crippen MR) is 79.5 cm³/mol. The highest BCUT2D eigenvalue weighted by atomic mass is 35.5. The molecular weight excluding hydrogens is 309 g/mol. The summed E-state index contributed by atoms with van der Waals surface area (Å²) in [6.45, 7) is 0.389. The van der Waals surface area contributed by atoms with Gasteiger partial charge in [-0.15, -0.1) is 0 Å². The van der Waals surface area contributed by atoms with Crippen LogP contribution in [-0.2, 0) is 6.54 Å². The summed E-state index contributed by atoms with van der Waals surface area (Å²) in [4.78, 5) is 15.7. The molecule has 2 heterocycles. The highest BCUT2D eigenvalue weighted by Crippen LogP contribution is 2.21. The van der Waals surface area contributed by atoms with E-state index in [0.717, 1.165) is 10.9 Å². The normalized spacial score (nSPS) is 10.9. The minimum absolute atomic E-state index is 0.0974. The van der Waals surface area contributed by atoms with E-state index in [1.807, 2.05) is 6.07 Å². The average molecular weight is 320 g/mol. The molecule has 2 N–H and O–H groups in total. The van der Waals surface area contributed by atoms with Gasteiger partial charge in [-0.05, 0) is 35.9 Å². The van der Waals surface area contributed by atoms with Gasteiger partial charge in [0.2, 0.25) is 0 Å². The van der Waals surface area contributed by atoms with Crippen LogP contribution < -0.4 is 5.48 Å². The van der Waals surface area contributed by atoms with E-state index in [-0.39, 0.29) is 5.69 Å². The number of nitrogens with zero attached hydrogens (tertiary/aromatic N) is 2. The van der Waals surface area contributed by atoms with Gasteiger partial charge in [0, 0.05) is 16.6 Å². The lowest BCUT2D eigenvalue weighted by atomic mass is 10.2. The van der Waals surface area contributed by atoms with Crippen molar-refractivity contribution in [2.24, 2.45) is 0 Å². The molecule has 0 atom stereocenters. The monoisotopic (exact) mass is 319 g/mol. The number of carbonyl (C=O) groups is 1. The van der Waals surface area contributed by atoms with Gasteiger partial charge in [-0.1, -0.05) is 17.7 Å². The van der Waals surface area contributed by atoms with Crippen LogP contribution in [0.15, 0.2) is 42.6 Å². The first kappa shape index (κ1) is 14.5. The Balaban J connectivity index is 2.01. The molecule has 0 bridgehead atoms. The van der Waals surface area contributed by atoms with E-state index >= 15 is 0 Å². The fourth-order valence-electron chi connectivity index (χ4n) is 2.20. The lowest BCUT2D eigenvalue weighted by Gasteiger charge is -2.08. The van der Waals surface area contributed by atoms with Gasteiger partial charge in [0.25, 0.3) is 5.91 Å². The summed E-state index contributed by atoms with van der Waals surface area (Å²) < 4.78 is 14.9. The Kier molecular flexibility index (Phi) is 3.79. The Morgan fingerprint density at radius 3 is 2.86 bits per heavy atom. The molecule has 3 aromatic rings. The molecule has 112 valence electrons. The maximum Gasteiger partial charge on any atom is 0.293 e. The Bertz CT molecular complexity index is 863. The van der Waals surface area contributed by atoms with E-state index < -0.39 is 11.7 Å². The van der Waals surface area contributed by atoms with Crippen LogP contribution in [0.5, 0.6) is 0 Å². The number of halogens is 2. The molecule has 0 unspecified atom stereocenters. The zero-order chi connectivity index (χ0) is 15.7. The van der Waals surface area contributed by atoms with Crippen LogP contribution in [0.3, 0.4) is 0 Å². The second-order valence-corrected chi connectivity index (χ2v) is 5.14.